The molecule has 1 saturated carbocycles. The van der Waals surface area contributed by atoms with Crippen LogP contribution in [0.4, 0.5) is 0 Å². The van der Waals surface area contributed by atoms with E-state index < -0.39 is 7.12 Å². The van der Waals surface area contributed by atoms with E-state index in [0.717, 1.165) is 50.7 Å². The van der Waals surface area contributed by atoms with Crippen molar-refractivity contribution in [1.29, 1.82) is 0 Å². The fraction of sp³-hybridized carbons (Fsp3) is 0.536. The summed E-state index contributed by atoms with van der Waals surface area (Å²) >= 11 is 0. The Hall–Kier alpha value is -2.15. The predicted molar refractivity (Wildman–Crippen MR) is 134 cm³/mol. The van der Waals surface area contributed by atoms with Crippen LogP contribution < -0.4 is 10.8 Å². The smallest absolute Gasteiger partial charge is 0.423 e. The maximum Gasteiger partial charge on any atom is 0.488 e. The highest BCUT2D eigenvalue weighted by molar-refractivity contribution is 6.58. The molecule has 34 heavy (non-hydrogen) atoms. The first kappa shape index (κ1) is 23.6. The molecular weight excluding hydrogens is 425 g/mol. The van der Waals surface area contributed by atoms with Crippen LogP contribution in [0.5, 0.6) is 0 Å². The molecule has 1 heterocycles. The van der Waals surface area contributed by atoms with Crippen molar-refractivity contribution in [3.63, 3.8) is 0 Å². The molecule has 6 heteroatoms. The Morgan fingerprint density at radius 1 is 1.18 bits per heavy atom. The van der Waals surface area contributed by atoms with E-state index in [1.165, 1.54) is 11.1 Å². The van der Waals surface area contributed by atoms with Crippen molar-refractivity contribution in [1.82, 2.24) is 5.32 Å². The molecule has 0 radical (unpaired) electrons. The van der Waals surface area contributed by atoms with E-state index in [2.05, 4.69) is 18.3 Å². The highest BCUT2D eigenvalue weighted by Crippen LogP contribution is 2.58. The number of ether oxygens (including phenoxy) is 1. The van der Waals surface area contributed by atoms with E-state index in [1.807, 2.05) is 42.5 Å². The average Bonchev–Trinajstić information content (AvgIpc) is 3.19. The minimum Gasteiger partial charge on any atom is -0.423 e. The Bertz CT molecular complexity index is 1010. The number of rotatable bonds is 7. The van der Waals surface area contributed by atoms with Gasteiger partial charge in [-0.25, -0.2) is 0 Å². The minimum absolute atomic E-state index is 0.0554. The number of hydrogen-bond donors (Lipinski definition) is 3. The molecule has 1 aliphatic heterocycles. The van der Waals surface area contributed by atoms with Gasteiger partial charge in [-0.3, -0.25) is 4.79 Å². The number of fused-ring (bicyclic) bond motifs is 5. The van der Waals surface area contributed by atoms with Gasteiger partial charge < -0.3 is 20.1 Å². The van der Waals surface area contributed by atoms with Crippen LogP contribution in [0.3, 0.4) is 0 Å². The highest BCUT2D eigenvalue weighted by Gasteiger charge is 2.55. The first-order chi connectivity index (χ1) is 16.4. The predicted octanol–water partition coefficient (Wildman–Crippen LogP) is 3.31. The lowest BCUT2D eigenvalue weighted by molar-refractivity contribution is -0.121. The quantitative estimate of drug-likeness (QED) is 0.553. The van der Waals surface area contributed by atoms with Crippen molar-refractivity contribution in [2.24, 2.45) is 17.8 Å². The van der Waals surface area contributed by atoms with Crippen LogP contribution in [0.1, 0.15) is 68.1 Å². The molecule has 0 spiro atoms. The molecule has 5 nitrogen and oxygen atoms in total. The van der Waals surface area contributed by atoms with Gasteiger partial charge in [0.25, 0.3) is 0 Å². The summed E-state index contributed by atoms with van der Waals surface area (Å²) in [4.78, 5) is 12.4. The molecule has 0 bridgehead atoms. The van der Waals surface area contributed by atoms with Crippen molar-refractivity contribution < 1.29 is 19.6 Å². The fourth-order valence-corrected chi connectivity index (χ4v) is 7.07. The van der Waals surface area contributed by atoms with Crippen LogP contribution in [-0.4, -0.2) is 35.3 Å². The number of hydrogen-bond acceptors (Lipinski definition) is 4. The van der Waals surface area contributed by atoms with Crippen LogP contribution in [0.25, 0.3) is 0 Å². The zero-order valence-corrected chi connectivity index (χ0v) is 20.1. The Kier molecular flexibility index (Phi) is 6.83. The first-order valence-electron chi connectivity index (χ1n) is 12.9. The molecule has 2 aromatic carbocycles. The average molecular weight is 461 g/mol. The Balaban J connectivity index is 1.21. The number of carbonyl (C=O) groups is 1. The van der Waals surface area contributed by atoms with Crippen molar-refractivity contribution in [3.05, 3.63) is 65.2 Å². The van der Waals surface area contributed by atoms with E-state index in [4.69, 9.17) is 4.74 Å². The molecule has 3 unspecified atom stereocenters. The zero-order valence-electron chi connectivity index (χ0n) is 20.1. The largest absolute Gasteiger partial charge is 0.488 e. The lowest BCUT2D eigenvalue weighted by atomic mass is 9.56. The standard InChI is InChI=1S/C28H36BNO4/c1-28-15-14-24-23-13-11-22(29(32)33)16-20(23)10-12-25(24)27(28)21(18-34-28)8-5-9-26(31)30-17-19-6-3-2-4-7-19/h2-4,6-7,11,13,16,21,24-25,27,32-33H,5,8-10,12,14-15,17-18H2,1H3,(H,30,31)/t21-,24?,25?,27?,28-/m0/s1. The van der Waals surface area contributed by atoms with Gasteiger partial charge >= 0.3 is 7.12 Å². The molecule has 2 fully saturated rings. The summed E-state index contributed by atoms with van der Waals surface area (Å²) in [5, 5.41) is 22.2. The summed E-state index contributed by atoms with van der Waals surface area (Å²) < 4.78 is 6.44. The number of aryl methyl sites for hydroxylation is 1. The molecule has 1 amide bonds. The van der Waals surface area contributed by atoms with E-state index in [9.17, 15) is 14.8 Å². The van der Waals surface area contributed by atoms with E-state index in [0.29, 0.717) is 42.1 Å². The van der Waals surface area contributed by atoms with E-state index in [1.54, 1.807) is 0 Å². The van der Waals surface area contributed by atoms with Gasteiger partial charge in [-0.1, -0.05) is 48.5 Å². The maximum atomic E-state index is 12.4. The maximum absolute atomic E-state index is 12.4. The van der Waals surface area contributed by atoms with Crippen LogP contribution in [0.2, 0.25) is 0 Å². The summed E-state index contributed by atoms with van der Waals surface area (Å²) in [5.74, 6) is 2.26. The second-order valence-corrected chi connectivity index (χ2v) is 10.7. The summed E-state index contributed by atoms with van der Waals surface area (Å²) in [6, 6.07) is 16.0. The molecule has 0 aromatic heterocycles. The van der Waals surface area contributed by atoms with Crippen LogP contribution in [-0.2, 0) is 22.5 Å². The third-order valence-electron chi connectivity index (χ3n) is 8.69. The Labute approximate surface area is 203 Å². The van der Waals surface area contributed by atoms with Crippen molar-refractivity contribution >= 4 is 18.5 Å². The number of benzene rings is 2. The van der Waals surface area contributed by atoms with Crippen LogP contribution in [0.15, 0.2) is 48.5 Å². The highest BCUT2D eigenvalue weighted by atomic mass is 16.5. The molecule has 5 atom stereocenters. The summed E-state index contributed by atoms with van der Waals surface area (Å²) in [5.41, 5.74) is 4.34. The molecule has 5 rings (SSSR count). The first-order valence-corrected chi connectivity index (χ1v) is 12.9. The Morgan fingerprint density at radius 2 is 2.00 bits per heavy atom. The SMILES string of the molecule is C[C@]12CCC3c4ccc(B(O)O)cc4CCC3C1[C@@H](CCCC(=O)NCc1ccccc1)CO2. The van der Waals surface area contributed by atoms with Gasteiger partial charge in [-0.15, -0.1) is 0 Å². The number of carbonyl (C=O) groups excluding carboxylic acids is 1. The Morgan fingerprint density at radius 3 is 2.79 bits per heavy atom. The van der Waals surface area contributed by atoms with Gasteiger partial charge in [0.15, 0.2) is 0 Å². The van der Waals surface area contributed by atoms with Crippen molar-refractivity contribution in [2.45, 2.75) is 69.9 Å². The van der Waals surface area contributed by atoms with Gasteiger partial charge in [0, 0.05) is 13.0 Å². The third-order valence-corrected chi connectivity index (χ3v) is 8.69. The monoisotopic (exact) mass is 461 g/mol. The summed E-state index contributed by atoms with van der Waals surface area (Å²) in [6.45, 7) is 3.70. The molecule has 180 valence electrons. The van der Waals surface area contributed by atoms with Gasteiger partial charge in [-0.05, 0) is 91.3 Å². The van der Waals surface area contributed by atoms with Gasteiger partial charge in [0.2, 0.25) is 5.91 Å². The van der Waals surface area contributed by atoms with Crippen molar-refractivity contribution in [3.8, 4) is 0 Å². The molecule has 2 aromatic rings. The van der Waals surface area contributed by atoms with E-state index in [-0.39, 0.29) is 11.5 Å². The second-order valence-electron chi connectivity index (χ2n) is 10.7. The number of amides is 1. The van der Waals surface area contributed by atoms with Crippen LogP contribution in [0, 0.1) is 17.8 Å². The fourth-order valence-electron chi connectivity index (χ4n) is 7.07. The van der Waals surface area contributed by atoms with Gasteiger partial charge in [0.1, 0.15) is 0 Å². The molecule has 1 saturated heterocycles. The molecular formula is C28H36BNO4. The molecule has 3 N–H and O–H groups in total. The zero-order chi connectivity index (χ0) is 23.7. The third kappa shape index (κ3) is 4.68. The summed E-state index contributed by atoms with van der Waals surface area (Å²) in [6.07, 6.45) is 6.79. The molecule has 3 aliphatic rings. The lowest BCUT2D eigenvalue weighted by Crippen LogP contribution is -2.47. The van der Waals surface area contributed by atoms with Gasteiger partial charge in [-0.2, -0.15) is 0 Å². The second kappa shape index (κ2) is 9.84. The van der Waals surface area contributed by atoms with Crippen LogP contribution >= 0.6 is 0 Å². The molecule has 2 aliphatic carbocycles. The normalized spacial score (nSPS) is 29.6. The van der Waals surface area contributed by atoms with Crippen molar-refractivity contribution in [2.75, 3.05) is 6.61 Å². The minimum atomic E-state index is -1.41. The van der Waals surface area contributed by atoms with E-state index >= 15 is 0 Å². The number of nitrogens with one attached hydrogen (secondary N) is 1. The summed E-state index contributed by atoms with van der Waals surface area (Å²) in [7, 11) is -1.41. The topological polar surface area (TPSA) is 78.8 Å². The lowest BCUT2D eigenvalue weighted by Gasteiger charge is -2.49. The van der Waals surface area contributed by atoms with Gasteiger partial charge in [0.05, 0.1) is 12.2 Å².